The number of unbranched alkanes of at least 4 members (excludes halogenated alkanes) is 18. The van der Waals surface area contributed by atoms with Gasteiger partial charge in [-0.15, -0.1) is 0 Å². The van der Waals surface area contributed by atoms with Crippen molar-refractivity contribution in [2.24, 2.45) is 0 Å². The van der Waals surface area contributed by atoms with Gasteiger partial charge in [0.15, 0.2) is 12.4 Å². The second-order valence-corrected chi connectivity index (χ2v) is 15.5. The summed E-state index contributed by atoms with van der Waals surface area (Å²) in [6.07, 6.45) is 36.8. The summed E-state index contributed by atoms with van der Waals surface area (Å²) in [6, 6.07) is 0. The minimum absolute atomic E-state index is 0.204. The standard InChI is InChI=1S/C47H82O10/c1-3-5-7-9-11-13-15-17-19-20-22-23-25-27-29-31-33-35-42(49)54-38-40(39-55-47-46(53)45(52)44(51)41(37-48)57-47)56-43(50)36-34-32-30-28-26-24-21-18-16-14-12-10-8-6-4-2/h11,13,17,19,22-24,26,40-41,44-48,51-53H,3-10,12,14-16,18,20-21,25,27-39H2,1-2H3/b13-11+,19-17+,23-22+,26-24+/t40-,41-,44+,45?,46?,47-/m0/s1. The fraction of sp³-hybridized carbons (Fsp3) is 0.787. The largest absolute Gasteiger partial charge is 0.462 e. The second kappa shape index (κ2) is 37.9. The van der Waals surface area contributed by atoms with Crippen LogP contribution in [0.2, 0.25) is 0 Å². The lowest BCUT2D eigenvalue weighted by Crippen LogP contribution is -2.59. The topological polar surface area (TPSA) is 152 Å². The van der Waals surface area contributed by atoms with Gasteiger partial charge in [0.05, 0.1) is 13.2 Å². The lowest BCUT2D eigenvalue weighted by molar-refractivity contribution is -0.305. The van der Waals surface area contributed by atoms with E-state index >= 15 is 0 Å². The fourth-order valence-electron chi connectivity index (χ4n) is 6.54. The third-order valence-electron chi connectivity index (χ3n) is 10.2. The number of rotatable bonds is 37. The highest BCUT2D eigenvalue weighted by molar-refractivity contribution is 5.70. The van der Waals surface area contributed by atoms with Gasteiger partial charge in [-0.3, -0.25) is 9.59 Å². The van der Waals surface area contributed by atoms with Crippen molar-refractivity contribution in [3.05, 3.63) is 48.6 Å². The average Bonchev–Trinajstić information content (AvgIpc) is 3.21. The van der Waals surface area contributed by atoms with E-state index in [1.54, 1.807) is 0 Å². The highest BCUT2D eigenvalue weighted by atomic mass is 16.7. The van der Waals surface area contributed by atoms with Crippen molar-refractivity contribution in [3.8, 4) is 0 Å². The third-order valence-corrected chi connectivity index (χ3v) is 10.2. The average molecular weight is 807 g/mol. The number of ether oxygens (including phenoxy) is 4. The van der Waals surface area contributed by atoms with Crippen LogP contribution in [-0.2, 0) is 28.5 Å². The highest BCUT2D eigenvalue weighted by Gasteiger charge is 2.44. The molecule has 6 atom stereocenters. The van der Waals surface area contributed by atoms with Crippen LogP contribution in [0, 0.1) is 0 Å². The van der Waals surface area contributed by atoms with Gasteiger partial charge in [0.1, 0.15) is 31.0 Å². The molecule has 1 rings (SSSR count). The van der Waals surface area contributed by atoms with E-state index in [9.17, 15) is 30.0 Å². The Morgan fingerprint density at radius 1 is 0.544 bits per heavy atom. The summed E-state index contributed by atoms with van der Waals surface area (Å²) in [4.78, 5) is 25.3. The van der Waals surface area contributed by atoms with E-state index < -0.39 is 55.4 Å². The van der Waals surface area contributed by atoms with Crippen molar-refractivity contribution >= 4 is 11.9 Å². The predicted molar refractivity (Wildman–Crippen MR) is 229 cm³/mol. The van der Waals surface area contributed by atoms with Gasteiger partial charge in [-0.1, -0.05) is 140 Å². The molecule has 0 aromatic rings. The molecule has 1 saturated heterocycles. The molecular formula is C47H82O10. The Labute approximate surface area is 346 Å². The van der Waals surface area contributed by atoms with Gasteiger partial charge < -0.3 is 39.4 Å². The van der Waals surface area contributed by atoms with Gasteiger partial charge in [0, 0.05) is 12.8 Å². The Morgan fingerprint density at radius 3 is 1.54 bits per heavy atom. The third kappa shape index (κ3) is 29.5. The van der Waals surface area contributed by atoms with Gasteiger partial charge in [-0.2, -0.15) is 0 Å². The normalized spacial score (nSPS) is 20.7. The molecule has 57 heavy (non-hydrogen) atoms. The quantitative estimate of drug-likeness (QED) is 0.0271. The number of aliphatic hydroxyl groups is 4. The van der Waals surface area contributed by atoms with E-state index in [1.165, 1.54) is 77.0 Å². The molecule has 10 nitrogen and oxygen atoms in total. The Hall–Kier alpha value is -2.34. The van der Waals surface area contributed by atoms with Crippen molar-refractivity contribution in [1.29, 1.82) is 0 Å². The molecular weight excluding hydrogens is 725 g/mol. The van der Waals surface area contributed by atoms with E-state index in [0.29, 0.717) is 12.8 Å². The Kier molecular flexibility index (Phi) is 35.0. The molecule has 0 aromatic heterocycles. The maximum atomic E-state index is 12.8. The number of allylic oxidation sites excluding steroid dienone is 8. The molecule has 0 saturated carbocycles. The van der Waals surface area contributed by atoms with Crippen LogP contribution < -0.4 is 0 Å². The molecule has 0 bridgehead atoms. The van der Waals surface area contributed by atoms with Crippen molar-refractivity contribution in [3.63, 3.8) is 0 Å². The summed E-state index contributed by atoms with van der Waals surface area (Å²) >= 11 is 0. The minimum atomic E-state index is -1.60. The monoisotopic (exact) mass is 807 g/mol. The molecule has 1 fully saturated rings. The lowest BCUT2D eigenvalue weighted by atomic mass is 9.99. The molecule has 10 heteroatoms. The molecule has 0 radical (unpaired) electrons. The summed E-state index contributed by atoms with van der Waals surface area (Å²) in [7, 11) is 0. The van der Waals surface area contributed by atoms with Gasteiger partial charge in [0.2, 0.25) is 0 Å². The van der Waals surface area contributed by atoms with Crippen molar-refractivity contribution in [2.75, 3.05) is 19.8 Å². The number of aliphatic hydroxyl groups excluding tert-OH is 4. The molecule has 1 aliphatic heterocycles. The van der Waals surface area contributed by atoms with Crippen LogP contribution in [0.4, 0.5) is 0 Å². The second-order valence-electron chi connectivity index (χ2n) is 15.5. The van der Waals surface area contributed by atoms with Gasteiger partial charge in [-0.25, -0.2) is 0 Å². The number of carbonyl (C=O) groups excluding carboxylic acids is 2. The van der Waals surface area contributed by atoms with E-state index in [4.69, 9.17) is 18.9 Å². The zero-order valence-electron chi connectivity index (χ0n) is 35.8. The lowest BCUT2D eigenvalue weighted by Gasteiger charge is -2.39. The first kappa shape index (κ1) is 52.7. The van der Waals surface area contributed by atoms with Crippen LogP contribution >= 0.6 is 0 Å². The van der Waals surface area contributed by atoms with E-state index in [1.807, 2.05) is 0 Å². The van der Waals surface area contributed by atoms with Crippen molar-refractivity contribution in [1.82, 2.24) is 0 Å². The molecule has 0 aliphatic carbocycles. The van der Waals surface area contributed by atoms with Crippen LogP contribution in [-0.4, -0.2) is 89.0 Å². The van der Waals surface area contributed by atoms with Crippen LogP contribution in [0.5, 0.6) is 0 Å². The van der Waals surface area contributed by atoms with Gasteiger partial charge in [-0.05, 0) is 77.0 Å². The van der Waals surface area contributed by atoms with Crippen molar-refractivity contribution in [2.45, 2.75) is 218 Å². The van der Waals surface area contributed by atoms with Crippen LogP contribution in [0.1, 0.15) is 181 Å². The Morgan fingerprint density at radius 2 is 0.982 bits per heavy atom. The summed E-state index contributed by atoms with van der Waals surface area (Å²) in [6.45, 7) is 3.35. The number of carbonyl (C=O) groups is 2. The SMILES string of the molecule is CCCCC/C=C/C/C=C/C/C=C/CCCCCCC(=O)OC[C@@H](CO[C@H]1O[C@@H](CO)[C@@H](O)C(O)C1O)OC(=O)CCCCC/C=C/CCCCCCCCCC. The predicted octanol–water partition coefficient (Wildman–Crippen LogP) is 9.67. The molecule has 4 N–H and O–H groups in total. The number of esters is 2. The van der Waals surface area contributed by atoms with Crippen LogP contribution in [0.25, 0.3) is 0 Å². The molecule has 1 aliphatic rings. The summed E-state index contributed by atoms with van der Waals surface area (Å²) < 4.78 is 22.1. The van der Waals surface area contributed by atoms with E-state index in [0.717, 1.165) is 64.2 Å². The fourth-order valence-corrected chi connectivity index (χ4v) is 6.54. The first-order chi connectivity index (χ1) is 27.8. The van der Waals surface area contributed by atoms with Crippen molar-refractivity contribution < 1.29 is 49.0 Å². The minimum Gasteiger partial charge on any atom is -0.462 e. The van der Waals surface area contributed by atoms with Crippen LogP contribution in [0.15, 0.2) is 48.6 Å². The Bertz CT molecular complexity index is 1070. The van der Waals surface area contributed by atoms with Gasteiger partial charge in [0.25, 0.3) is 0 Å². The molecule has 0 spiro atoms. The van der Waals surface area contributed by atoms with E-state index in [2.05, 4.69) is 62.5 Å². The molecule has 330 valence electrons. The zero-order valence-corrected chi connectivity index (χ0v) is 35.8. The molecule has 0 aromatic carbocycles. The molecule has 2 unspecified atom stereocenters. The molecule has 0 amide bonds. The maximum absolute atomic E-state index is 12.8. The number of hydrogen-bond acceptors (Lipinski definition) is 10. The van der Waals surface area contributed by atoms with Gasteiger partial charge >= 0.3 is 11.9 Å². The first-order valence-electron chi connectivity index (χ1n) is 22.7. The smallest absolute Gasteiger partial charge is 0.306 e. The zero-order chi connectivity index (χ0) is 41.6. The maximum Gasteiger partial charge on any atom is 0.306 e. The highest BCUT2D eigenvalue weighted by Crippen LogP contribution is 2.22. The molecule has 1 heterocycles. The summed E-state index contributed by atoms with van der Waals surface area (Å²) in [5.41, 5.74) is 0. The number of hydrogen-bond donors (Lipinski definition) is 4. The van der Waals surface area contributed by atoms with E-state index in [-0.39, 0.29) is 26.1 Å². The Balaban J connectivity index is 2.36. The summed E-state index contributed by atoms with van der Waals surface area (Å²) in [5.74, 6) is -0.851. The summed E-state index contributed by atoms with van der Waals surface area (Å²) in [5, 5.41) is 40.1. The first-order valence-corrected chi connectivity index (χ1v) is 22.7. The van der Waals surface area contributed by atoms with Crippen LogP contribution in [0.3, 0.4) is 0 Å².